The van der Waals surface area contributed by atoms with E-state index in [9.17, 15) is 9.59 Å². The van der Waals surface area contributed by atoms with E-state index in [1.165, 1.54) is 0 Å². The lowest BCUT2D eigenvalue weighted by Crippen LogP contribution is -2.45. The highest BCUT2D eigenvalue weighted by Crippen LogP contribution is 2.22. The second-order valence-corrected chi connectivity index (χ2v) is 7.97. The molecular formula is C20H28ClN3O2. The van der Waals surface area contributed by atoms with Crippen LogP contribution in [0.15, 0.2) is 24.3 Å². The summed E-state index contributed by atoms with van der Waals surface area (Å²) in [7, 11) is 1.89. The standard InChI is InChI=1S/C20H28ClN3O2/c1-23-13-15(6-7-19(23)25)14-24-10-8-16(9-11-24)20(26)22-12-17-4-2-3-5-18(17)21/h2-5,15-16H,6-14H2,1H3,(H,22,26). The number of carbonyl (C=O) groups is 2. The second kappa shape index (κ2) is 8.87. The van der Waals surface area contributed by atoms with Crippen molar-refractivity contribution in [3.8, 4) is 0 Å². The molecule has 2 heterocycles. The molecule has 2 aliphatic rings. The summed E-state index contributed by atoms with van der Waals surface area (Å²) in [5.74, 6) is 1.04. The molecule has 1 aromatic carbocycles. The van der Waals surface area contributed by atoms with E-state index in [0.717, 1.165) is 51.0 Å². The van der Waals surface area contributed by atoms with Crippen molar-refractivity contribution in [2.75, 3.05) is 33.2 Å². The lowest BCUT2D eigenvalue weighted by molar-refractivity contribution is -0.133. The average molecular weight is 378 g/mol. The van der Waals surface area contributed by atoms with Crippen LogP contribution in [-0.2, 0) is 16.1 Å². The van der Waals surface area contributed by atoms with Gasteiger partial charge in [0.15, 0.2) is 0 Å². The van der Waals surface area contributed by atoms with Gasteiger partial charge in [-0.1, -0.05) is 29.8 Å². The largest absolute Gasteiger partial charge is 0.352 e. The van der Waals surface area contributed by atoms with E-state index in [1.54, 1.807) is 0 Å². The molecule has 1 unspecified atom stereocenters. The number of nitrogens with one attached hydrogen (secondary N) is 1. The number of halogens is 1. The smallest absolute Gasteiger partial charge is 0.223 e. The fourth-order valence-corrected chi connectivity index (χ4v) is 4.16. The van der Waals surface area contributed by atoms with Gasteiger partial charge in [-0.05, 0) is 49.9 Å². The SMILES string of the molecule is CN1CC(CN2CCC(C(=O)NCc3ccccc3Cl)CC2)CCC1=O. The van der Waals surface area contributed by atoms with E-state index in [0.29, 0.717) is 23.9 Å². The maximum atomic E-state index is 12.4. The molecule has 6 heteroatoms. The highest BCUT2D eigenvalue weighted by atomic mass is 35.5. The van der Waals surface area contributed by atoms with Crippen molar-refractivity contribution in [1.82, 2.24) is 15.1 Å². The van der Waals surface area contributed by atoms with Gasteiger partial charge in [-0.15, -0.1) is 0 Å². The van der Waals surface area contributed by atoms with Crippen LogP contribution in [0.3, 0.4) is 0 Å². The van der Waals surface area contributed by atoms with Crippen LogP contribution in [0.2, 0.25) is 5.02 Å². The van der Waals surface area contributed by atoms with E-state index in [1.807, 2.05) is 36.2 Å². The van der Waals surface area contributed by atoms with Crippen LogP contribution in [0.1, 0.15) is 31.2 Å². The third kappa shape index (κ3) is 4.98. The lowest BCUT2D eigenvalue weighted by Gasteiger charge is -2.36. The molecule has 0 aromatic heterocycles. The summed E-state index contributed by atoms with van der Waals surface area (Å²) in [6, 6.07) is 7.61. The van der Waals surface area contributed by atoms with Crippen molar-refractivity contribution in [3.05, 3.63) is 34.9 Å². The summed E-state index contributed by atoms with van der Waals surface area (Å²) < 4.78 is 0. The first-order valence-corrected chi connectivity index (χ1v) is 9.88. The molecule has 0 bridgehead atoms. The van der Waals surface area contributed by atoms with Crippen LogP contribution in [0.5, 0.6) is 0 Å². The zero-order valence-electron chi connectivity index (χ0n) is 15.4. The average Bonchev–Trinajstić information content (AvgIpc) is 2.64. The number of nitrogens with zero attached hydrogens (tertiary/aromatic N) is 2. The van der Waals surface area contributed by atoms with E-state index in [4.69, 9.17) is 11.6 Å². The number of hydrogen-bond acceptors (Lipinski definition) is 3. The lowest BCUT2D eigenvalue weighted by atomic mass is 9.93. The van der Waals surface area contributed by atoms with E-state index in [-0.39, 0.29) is 17.7 Å². The first kappa shape index (κ1) is 19.2. The van der Waals surface area contributed by atoms with E-state index >= 15 is 0 Å². The van der Waals surface area contributed by atoms with Gasteiger partial charge in [0.2, 0.25) is 11.8 Å². The maximum absolute atomic E-state index is 12.4. The minimum atomic E-state index is 0.0874. The Hall–Kier alpha value is -1.59. The van der Waals surface area contributed by atoms with E-state index < -0.39 is 0 Å². The van der Waals surface area contributed by atoms with Crippen molar-refractivity contribution < 1.29 is 9.59 Å². The molecule has 2 fully saturated rings. The molecule has 1 N–H and O–H groups in total. The highest BCUT2D eigenvalue weighted by Gasteiger charge is 2.28. The minimum Gasteiger partial charge on any atom is -0.352 e. The Bertz CT molecular complexity index is 644. The molecule has 26 heavy (non-hydrogen) atoms. The number of likely N-dealkylation sites (tertiary alicyclic amines) is 2. The Morgan fingerprint density at radius 3 is 2.65 bits per heavy atom. The van der Waals surface area contributed by atoms with E-state index in [2.05, 4.69) is 10.2 Å². The van der Waals surface area contributed by atoms with Crippen LogP contribution in [-0.4, -0.2) is 54.8 Å². The Labute approximate surface area is 160 Å². The van der Waals surface area contributed by atoms with Crippen LogP contribution in [0.25, 0.3) is 0 Å². The Morgan fingerprint density at radius 1 is 1.23 bits per heavy atom. The van der Waals surface area contributed by atoms with Gasteiger partial charge in [0, 0.05) is 44.0 Å². The monoisotopic (exact) mass is 377 g/mol. The van der Waals surface area contributed by atoms with Gasteiger partial charge in [0.1, 0.15) is 0 Å². The fourth-order valence-electron chi connectivity index (χ4n) is 3.96. The maximum Gasteiger partial charge on any atom is 0.223 e. The summed E-state index contributed by atoms with van der Waals surface area (Å²) in [6.45, 7) is 4.29. The first-order chi connectivity index (χ1) is 12.5. The second-order valence-electron chi connectivity index (χ2n) is 7.56. The van der Waals surface area contributed by atoms with Crippen molar-refractivity contribution in [1.29, 1.82) is 0 Å². The number of benzene rings is 1. The number of piperidine rings is 2. The van der Waals surface area contributed by atoms with Crippen LogP contribution < -0.4 is 5.32 Å². The van der Waals surface area contributed by atoms with Gasteiger partial charge in [-0.2, -0.15) is 0 Å². The molecule has 2 saturated heterocycles. The van der Waals surface area contributed by atoms with Gasteiger partial charge in [-0.25, -0.2) is 0 Å². The summed E-state index contributed by atoms with van der Waals surface area (Å²) in [4.78, 5) is 28.3. The van der Waals surface area contributed by atoms with Crippen LogP contribution in [0.4, 0.5) is 0 Å². The third-order valence-corrected chi connectivity index (χ3v) is 5.98. The molecule has 0 spiro atoms. The molecule has 3 rings (SSSR count). The summed E-state index contributed by atoms with van der Waals surface area (Å²) in [5, 5.41) is 3.72. The number of rotatable bonds is 5. The Balaban J connectivity index is 1.40. The molecule has 0 radical (unpaired) electrons. The Kier molecular flexibility index (Phi) is 6.54. The number of amides is 2. The molecule has 1 aromatic rings. The predicted molar refractivity (Wildman–Crippen MR) is 103 cm³/mol. The summed E-state index contributed by atoms with van der Waals surface area (Å²) in [6.07, 6.45) is 3.45. The summed E-state index contributed by atoms with van der Waals surface area (Å²) in [5.41, 5.74) is 0.955. The minimum absolute atomic E-state index is 0.0874. The van der Waals surface area contributed by atoms with Crippen molar-refractivity contribution in [2.45, 2.75) is 32.2 Å². The topological polar surface area (TPSA) is 52.6 Å². The van der Waals surface area contributed by atoms with Crippen LogP contribution in [0, 0.1) is 11.8 Å². The van der Waals surface area contributed by atoms with Crippen molar-refractivity contribution >= 4 is 23.4 Å². The summed E-state index contributed by atoms with van der Waals surface area (Å²) >= 11 is 6.14. The molecule has 0 aliphatic carbocycles. The number of carbonyl (C=O) groups excluding carboxylic acids is 2. The van der Waals surface area contributed by atoms with Crippen molar-refractivity contribution in [3.63, 3.8) is 0 Å². The van der Waals surface area contributed by atoms with Crippen LogP contribution >= 0.6 is 11.6 Å². The van der Waals surface area contributed by atoms with Gasteiger partial charge < -0.3 is 15.1 Å². The van der Waals surface area contributed by atoms with Gasteiger partial charge in [-0.3, -0.25) is 9.59 Å². The zero-order valence-corrected chi connectivity index (χ0v) is 16.2. The third-order valence-electron chi connectivity index (χ3n) is 5.61. The molecule has 5 nitrogen and oxygen atoms in total. The van der Waals surface area contributed by atoms with Gasteiger partial charge in [0.25, 0.3) is 0 Å². The number of hydrogen-bond donors (Lipinski definition) is 1. The predicted octanol–water partition coefficient (Wildman–Crippen LogP) is 2.54. The molecule has 2 aliphatic heterocycles. The normalized spacial score (nSPS) is 22.5. The zero-order chi connectivity index (χ0) is 18.5. The first-order valence-electron chi connectivity index (χ1n) is 9.50. The fraction of sp³-hybridized carbons (Fsp3) is 0.600. The quantitative estimate of drug-likeness (QED) is 0.857. The molecule has 142 valence electrons. The molecule has 2 amide bonds. The van der Waals surface area contributed by atoms with Crippen molar-refractivity contribution in [2.24, 2.45) is 11.8 Å². The highest BCUT2D eigenvalue weighted by molar-refractivity contribution is 6.31. The van der Waals surface area contributed by atoms with Gasteiger partial charge >= 0.3 is 0 Å². The molecule has 1 atom stereocenters. The molecule has 0 saturated carbocycles. The molecular weight excluding hydrogens is 350 g/mol. The van der Waals surface area contributed by atoms with Gasteiger partial charge in [0.05, 0.1) is 0 Å². The Morgan fingerprint density at radius 2 is 1.96 bits per heavy atom.